The first kappa shape index (κ1) is 22.7. The Hall–Kier alpha value is 1.41. The van der Waals surface area contributed by atoms with Crippen molar-refractivity contribution in [3.63, 3.8) is 0 Å². The van der Waals surface area contributed by atoms with Gasteiger partial charge in [0.1, 0.15) is 0 Å². The van der Waals surface area contributed by atoms with Gasteiger partial charge in [0.05, 0.1) is 0 Å². The van der Waals surface area contributed by atoms with Crippen LogP contribution in [0.5, 0.6) is 0 Å². The van der Waals surface area contributed by atoms with Crippen LogP contribution in [0, 0.1) is 41.7 Å². The zero-order valence-electron chi connectivity index (χ0n) is 3.58. The first-order valence-corrected chi connectivity index (χ1v) is 2.19. The normalized spacial score (nSPS) is 7.38. The molecule has 0 aromatic rings. The van der Waals surface area contributed by atoms with Gasteiger partial charge in [-0.2, -0.15) is 7.82 Å². The van der Waals surface area contributed by atoms with Crippen molar-refractivity contribution < 1.29 is 71.9 Å². The summed E-state index contributed by atoms with van der Waals surface area (Å²) in [7, 11) is -5.39. The van der Waals surface area contributed by atoms with Crippen LogP contribution in [0.2, 0.25) is 0 Å². The average molecular weight is 271 g/mol. The van der Waals surface area contributed by atoms with Crippen LogP contribution in [0.25, 0.3) is 0 Å². The van der Waals surface area contributed by atoms with Crippen molar-refractivity contribution in [3.8, 4) is 0 Å². The largest absolute Gasteiger partial charge is 3.00 e. The van der Waals surface area contributed by atoms with Gasteiger partial charge in [-0.25, -0.2) is 0 Å². The second kappa shape index (κ2) is 8.41. The molecule has 0 aromatic carbocycles. The summed E-state index contributed by atoms with van der Waals surface area (Å²) in [6, 6.07) is 0. The molecule has 1 radical (unpaired) electrons. The van der Waals surface area contributed by atoms with E-state index in [9.17, 15) is 0 Å². The second-order valence-corrected chi connectivity index (χ2v) is 1.34. The van der Waals surface area contributed by atoms with Crippen molar-refractivity contribution in [2.24, 2.45) is 0 Å². The molecule has 0 unspecified atom stereocenters. The fraction of sp³-hybridized carbons (Fsp3) is 0. The summed E-state index contributed by atoms with van der Waals surface area (Å²) in [5.74, 6) is 0. The number of hydrogen-bond donors (Lipinski definition) is 0. The van der Waals surface area contributed by atoms with Gasteiger partial charge in [-0.1, -0.05) is 0 Å². The molecule has 0 rings (SSSR count). The maximum Gasteiger partial charge on any atom is 3.00 e. The van der Waals surface area contributed by atoms with Gasteiger partial charge in [-0.15, -0.1) is 0 Å². The van der Waals surface area contributed by atoms with E-state index in [0.717, 1.165) is 0 Å². The Balaban J connectivity index is -0.0000000267. The zero-order chi connectivity index (χ0) is 4.50. The first-order chi connectivity index (χ1) is 2.00. The summed E-state index contributed by atoms with van der Waals surface area (Å²) in [5.41, 5.74) is 0. The third kappa shape index (κ3) is 154. The van der Waals surface area contributed by atoms with Crippen LogP contribution in [-0.4, -0.2) is 11.0 Å². The molecule has 0 heterocycles. The van der Waals surface area contributed by atoms with E-state index in [1.807, 2.05) is 0 Å². The van der Waals surface area contributed by atoms with Crippen molar-refractivity contribution in [1.82, 2.24) is 0 Å². The fourth-order valence-electron chi connectivity index (χ4n) is 0. The van der Waals surface area contributed by atoms with E-state index in [1.165, 1.54) is 0 Å². The SMILES string of the molecule is O.O.O=P([O-])([O-])[O-].[Ce+3]. The van der Waals surface area contributed by atoms with Crippen LogP contribution in [0.4, 0.5) is 0 Å². The molecule has 0 atom stereocenters. The smallest absolute Gasteiger partial charge is 0.822 e. The van der Waals surface area contributed by atoms with Crippen LogP contribution in [0.3, 0.4) is 0 Å². The monoisotopic (exact) mass is 271 g/mol. The molecule has 0 fully saturated rings. The summed E-state index contributed by atoms with van der Waals surface area (Å²) in [4.78, 5) is 25.6. The van der Waals surface area contributed by atoms with Crippen LogP contribution in [-0.2, 0) is 4.57 Å². The van der Waals surface area contributed by atoms with Crippen LogP contribution < -0.4 is 14.7 Å². The van der Waals surface area contributed by atoms with Crippen LogP contribution >= 0.6 is 7.82 Å². The molecular formula is H4CeO6P. The van der Waals surface area contributed by atoms with Crippen LogP contribution in [0.15, 0.2) is 0 Å². The first-order valence-electron chi connectivity index (χ1n) is 0.730. The van der Waals surface area contributed by atoms with E-state index >= 15 is 0 Å². The van der Waals surface area contributed by atoms with Crippen molar-refractivity contribution >= 4 is 7.82 Å². The molecule has 8 heteroatoms. The van der Waals surface area contributed by atoms with Gasteiger partial charge >= 0.3 is 41.7 Å². The summed E-state index contributed by atoms with van der Waals surface area (Å²) in [6.07, 6.45) is 0. The molecule has 4 N–H and O–H groups in total. The van der Waals surface area contributed by atoms with Gasteiger partial charge in [-0.3, -0.25) is 0 Å². The minimum atomic E-state index is -5.39. The van der Waals surface area contributed by atoms with Gasteiger partial charge in [0.15, 0.2) is 0 Å². The Morgan fingerprint density at radius 1 is 1.00 bits per heavy atom. The molecule has 0 aliphatic carbocycles. The van der Waals surface area contributed by atoms with E-state index in [4.69, 9.17) is 19.2 Å². The van der Waals surface area contributed by atoms with E-state index < -0.39 is 7.82 Å². The van der Waals surface area contributed by atoms with Crippen molar-refractivity contribution in [2.75, 3.05) is 0 Å². The molecule has 8 heavy (non-hydrogen) atoms. The Morgan fingerprint density at radius 2 is 1.00 bits per heavy atom. The molecule has 0 aliphatic rings. The quantitative estimate of drug-likeness (QED) is 0.408. The summed E-state index contributed by atoms with van der Waals surface area (Å²) >= 11 is 0. The number of phosphoric acid groups is 1. The second-order valence-electron chi connectivity index (χ2n) is 0.447. The van der Waals surface area contributed by atoms with Gasteiger partial charge in [0.2, 0.25) is 0 Å². The van der Waals surface area contributed by atoms with Crippen molar-refractivity contribution in [1.29, 1.82) is 0 Å². The summed E-state index contributed by atoms with van der Waals surface area (Å²) < 4.78 is 8.55. The van der Waals surface area contributed by atoms with Crippen molar-refractivity contribution in [2.45, 2.75) is 0 Å². The Labute approximate surface area is 79.2 Å². The third-order valence-electron chi connectivity index (χ3n) is 0. The van der Waals surface area contributed by atoms with Gasteiger partial charge in [-0.05, 0) is 0 Å². The zero-order valence-corrected chi connectivity index (χ0v) is 7.61. The topological polar surface area (TPSA) is 149 Å². The summed E-state index contributed by atoms with van der Waals surface area (Å²) in [6.45, 7) is 0. The molecular weight excluding hydrogens is 267 g/mol. The molecule has 0 aromatic heterocycles. The molecule has 0 saturated heterocycles. The molecule has 6 nitrogen and oxygen atoms in total. The Bertz CT molecular complexity index is 54.7. The Morgan fingerprint density at radius 3 is 1.00 bits per heavy atom. The molecule has 0 saturated carbocycles. The average Bonchev–Trinajstić information content (AvgIpc) is 0.722. The third-order valence-corrected chi connectivity index (χ3v) is 0. The molecule has 0 bridgehead atoms. The standard InChI is InChI=1S/Ce.H3O4P.2H2O/c;1-5(2,3)4;;/h;(H3,1,2,3,4);2*1H2/q+3;;;/p-3. The number of rotatable bonds is 0. The molecule has 0 amide bonds. The maximum absolute atomic E-state index is 8.55. The van der Waals surface area contributed by atoms with E-state index in [-0.39, 0.29) is 52.7 Å². The van der Waals surface area contributed by atoms with E-state index in [1.54, 1.807) is 0 Å². The van der Waals surface area contributed by atoms with Gasteiger partial charge in [0.25, 0.3) is 0 Å². The molecule has 49 valence electrons. The van der Waals surface area contributed by atoms with Crippen LogP contribution in [0.1, 0.15) is 0 Å². The van der Waals surface area contributed by atoms with E-state index in [2.05, 4.69) is 0 Å². The molecule has 0 spiro atoms. The number of hydrogen-bond acceptors (Lipinski definition) is 4. The maximum atomic E-state index is 8.55. The summed E-state index contributed by atoms with van der Waals surface area (Å²) in [5, 5.41) is 0. The van der Waals surface area contributed by atoms with E-state index in [0.29, 0.717) is 0 Å². The minimum Gasteiger partial charge on any atom is -0.822 e. The van der Waals surface area contributed by atoms with Gasteiger partial charge in [0, 0.05) is 0 Å². The Kier molecular flexibility index (Phi) is 23.9. The fourth-order valence-corrected chi connectivity index (χ4v) is 0. The van der Waals surface area contributed by atoms with Gasteiger partial charge < -0.3 is 30.2 Å². The predicted molar refractivity (Wildman–Crippen MR) is 14.8 cm³/mol. The minimum absolute atomic E-state index is 0. The molecule has 0 aliphatic heterocycles. The van der Waals surface area contributed by atoms with Crippen molar-refractivity contribution in [3.05, 3.63) is 0 Å². The predicted octanol–water partition coefficient (Wildman–Crippen LogP) is -4.47.